The van der Waals surface area contributed by atoms with Crippen LogP contribution in [0.3, 0.4) is 0 Å². The Hall–Kier alpha value is -3.84. The number of hydroxylamine groups is 2. The molecule has 2 aliphatic rings. The standard InChI is InChI=1S/C8H11N3O4.C8H9NO6/c9-5(12)1-2-6(13)10-11-7(14)3-4-8(11)15;10-5-1-2-6(11)9(5)15-8(14)4-3-7(12)13/h1-4H2,(H2,9,12)(H,10,13);1-4H2,(H,12,13). The number of rotatable bonds is 8. The monoisotopic (exact) mass is 428 g/mol. The molecule has 14 heteroatoms. The highest BCUT2D eigenvalue weighted by molar-refractivity contribution is 6.03. The van der Waals surface area contributed by atoms with Crippen molar-refractivity contribution >= 4 is 47.4 Å². The van der Waals surface area contributed by atoms with Gasteiger partial charge in [0.05, 0.1) is 12.8 Å². The van der Waals surface area contributed by atoms with Crippen LogP contribution in [0.2, 0.25) is 0 Å². The molecule has 0 aromatic carbocycles. The summed E-state index contributed by atoms with van der Waals surface area (Å²) in [5.41, 5.74) is 6.96. The van der Waals surface area contributed by atoms with Crippen molar-refractivity contribution in [2.75, 3.05) is 0 Å². The predicted octanol–water partition coefficient (Wildman–Crippen LogP) is -2.11. The summed E-state index contributed by atoms with van der Waals surface area (Å²) in [4.78, 5) is 91.0. The lowest BCUT2D eigenvalue weighted by Gasteiger charge is -2.14. The number of amides is 6. The summed E-state index contributed by atoms with van der Waals surface area (Å²) in [6.07, 6.45) is -0.754. The topological polar surface area (TPSA) is 211 Å². The van der Waals surface area contributed by atoms with E-state index in [9.17, 15) is 38.4 Å². The van der Waals surface area contributed by atoms with Crippen molar-refractivity contribution in [3.8, 4) is 0 Å². The third-order valence-electron chi connectivity index (χ3n) is 3.63. The minimum atomic E-state index is -1.15. The van der Waals surface area contributed by atoms with Crippen molar-refractivity contribution in [3.05, 3.63) is 0 Å². The van der Waals surface area contributed by atoms with Crippen LogP contribution in [0.1, 0.15) is 51.4 Å². The van der Waals surface area contributed by atoms with Gasteiger partial charge in [-0.3, -0.25) is 39.0 Å². The molecule has 6 amide bonds. The number of carboxylic acid groups (broad SMARTS) is 1. The van der Waals surface area contributed by atoms with E-state index in [1.807, 2.05) is 0 Å². The fourth-order valence-corrected chi connectivity index (χ4v) is 2.13. The van der Waals surface area contributed by atoms with Gasteiger partial charge in [-0.25, -0.2) is 4.79 Å². The van der Waals surface area contributed by atoms with Gasteiger partial charge in [0.15, 0.2) is 0 Å². The first kappa shape index (κ1) is 24.2. The second-order valence-electron chi connectivity index (χ2n) is 6.06. The molecule has 0 aliphatic carbocycles. The molecule has 2 heterocycles. The lowest BCUT2D eigenvalue weighted by Crippen LogP contribution is -2.45. The highest BCUT2D eigenvalue weighted by Gasteiger charge is 2.33. The van der Waals surface area contributed by atoms with Crippen LogP contribution >= 0.6 is 0 Å². The molecule has 164 valence electrons. The van der Waals surface area contributed by atoms with E-state index in [1.165, 1.54) is 0 Å². The van der Waals surface area contributed by atoms with Gasteiger partial charge in [0.2, 0.25) is 23.6 Å². The van der Waals surface area contributed by atoms with E-state index in [0.717, 1.165) is 0 Å². The van der Waals surface area contributed by atoms with Crippen LogP contribution < -0.4 is 11.2 Å². The average molecular weight is 428 g/mol. The Balaban J connectivity index is 0.000000300. The quantitative estimate of drug-likeness (QED) is 0.358. The van der Waals surface area contributed by atoms with Crippen molar-refractivity contribution in [2.45, 2.75) is 51.4 Å². The van der Waals surface area contributed by atoms with E-state index in [2.05, 4.69) is 10.3 Å². The molecule has 0 atom stereocenters. The Morgan fingerprint density at radius 2 is 1.33 bits per heavy atom. The molecule has 30 heavy (non-hydrogen) atoms. The molecule has 2 saturated heterocycles. The van der Waals surface area contributed by atoms with Crippen LogP contribution in [0.5, 0.6) is 0 Å². The molecule has 0 unspecified atom stereocenters. The molecular formula is C16H20N4O10. The zero-order valence-electron chi connectivity index (χ0n) is 15.8. The van der Waals surface area contributed by atoms with Crippen LogP contribution in [-0.4, -0.2) is 62.6 Å². The number of imide groups is 2. The molecule has 2 aliphatic heterocycles. The van der Waals surface area contributed by atoms with Crippen LogP contribution in [-0.2, 0) is 43.2 Å². The lowest BCUT2D eigenvalue weighted by molar-refractivity contribution is -0.197. The number of carbonyl (C=O) groups is 8. The highest BCUT2D eigenvalue weighted by atomic mass is 16.7. The summed E-state index contributed by atoms with van der Waals surface area (Å²) in [5.74, 6) is -5.26. The van der Waals surface area contributed by atoms with Crippen LogP contribution in [0, 0.1) is 0 Å². The van der Waals surface area contributed by atoms with E-state index in [1.54, 1.807) is 0 Å². The minimum Gasteiger partial charge on any atom is -0.481 e. The Morgan fingerprint density at radius 3 is 1.80 bits per heavy atom. The van der Waals surface area contributed by atoms with Gasteiger partial charge in [-0.05, 0) is 0 Å². The fourth-order valence-electron chi connectivity index (χ4n) is 2.13. The summed E-state index contributed by atoms with van der Waals surface area (Å²) < 4.78 is 0. The van der Waals surface area contributed by atoms with Crippen LogP contribution in [0.4, 0.5) is 0 Å². The van der Waals surface area contributed by atoms with Crippen molar-refractivity contribution in [2.24, 2.45) is 5.73 Å². The van der Waals surface area contributed by atoms with Crippen molar-refractivity contribution in [1.29, 1.82) is 0 Å². The first-order valence-corrected chi connectivity index (χ1v) is 8.73. The van der Waals surface area contributed by atoms with Gasteiger partial charge < -0.3 is 15.7 Å². The fraction of sp³-hybridized carbons (Fsp3) is 0.500. The normalized spacial score (nSPS) is 15.6. The van der Waals surface area contributed by atoms with E-state index in [0.29, 0.717) is 10.1 Å². The maximum atomic E-state index is 11.1. The van der Waals surface area contributed by atoms with Crippen molar-refractivity contribution in [1.82, 2.24) is 15.5 Å². The summed E-state index contributed by atoms with van der Waals surface area (Å²) >= 11 is 0. The van der Waals surface area contributed by atoms with E-state index in [4.69, 9.17) is 10.8 Å². The van der Waals surface area contributed by atoms with Crippen LogP contribution in [0.25, 0.3) is 0 Å². The third-order valence-corrected chi connectivity index (χ3v) is 3.63. The lowest BCUT2D eigenvalue weighted by atomic mass is 10.3. The molecule has 0 bridgehead atoms. The zero-order valence-corrected chi connectivity index (χ0v) is 15.8. The molecule has 0 spiro atoms. The number of hydrogen-bond acceptors (Lipinski definition) is 9. The molecule has 0 aromatic rings. The van der Waals surface area contributed by atoms with Crippen molar-refractivity contribution in [3.63, 3.8) is 0 Å². The predicted molar refractivity (Wildman–Crippen MR) is 91.7 cm³/mol. The van der Waals surface area contributed by atoms with Gasteiger partial charge in [-0.15, -0.1) is 5.06 Å². The number of nitrogens with zero attached hydrogens (tertiary/aromatic N) is 2. The van der Waals surface area contributed by atoms with Gasteiger partial charge in [0.25, 0.3) is 11.8 Å². The highest BCUT2D eigenvalue weighted by Crippen LogP contribution is 2.12. The number of hydrogen-bond donors (Lipinski definition) is 3. The van der Waals surface area contributed by atoms with E-state index >= 15 is 0 Å². The summed E-state index contributed by atoms with van der Waals surface area (Å²) in [6, 6.07) is 0. The largest absolute Gasteiger partial charge is 0.481 e. The first-order chi connectivity index (χ1) is 14.0. The number of carboxylic acids is 1. The van der Waals surface area contributed by atoms with Crippen molar-refractivity contribution < 1.29 is 48.3 Å². The summed E-state index contributed by atoms with van der Waals surface area (Å²) in [6.45, 7) is 0. The van der Waals surface area contributed by atoms with Gasteiger partial charge >= 0.3 is 11.9 Å². The van der Waals surface area contributed by atoms with Gasteiger partial charge in [0, 0.05) is 38.5 Å². The molecular weight excluding hydrogens is 408 g/mol. The third kappa shape index (κ3) is 8.04. The van der Waals surface area contributed by atoms with E-state index < -0.39 is 53.8 Å². The molecule has 0 radical (unpaired) electrons. The SMILES string of the molecule is NC(=O)CCC(=O)NN1C(=O)CCC1=O.O=C(O)CCC(=O)ON1C(=O)CCC1=O. The molecule has 0 aromatic heterocycles. The molecule has 0 saturated carbocycles. The minimum absolute atomic E-state index is 0.0189. The van der Waals surface area contributed by atoms with Gasteiger partial charge in [-0.2, -0.15) is 5.01 Å². The van der Waals surface area contributed by atoms with Gasteiger partial charge in [0.1, 0.15) is 0 Å². The molecule has 2 fully saturated rings. The zero-order chi connectivity index (χ0) is 22.8. The molecule has 14 nitrogen and oxygen atoms in total. The maximum absolute atomic E-state index is 11.1. The number of primary amides is 1. The Morgan fingerprint density at radius 1 is 0.833 bits per heavy atom. The Labute approximate surface area is 169 Å². The average Bonchev–Trinajstić information content (AvgIpc) is 3.15. The summed E-state index contributed by atoms with van der Waals surface area (Å²) in [5, 5.41) is 9.35. The number of nitrogens with two attached hydrogens (primary N) is 1. The van der Waals surface area contributed by atoms with Crippen LogP contribution in [0.15, 0.2) is 0 Å². The second-order valence-corrected chi connectivity index (χ2v) is 6.06. The number of aliphatic carboxylic acids is 1. The first-order valence-electron chi connectivity index (χ1n) is 8.73. The van der Waals surface area contributed by atoms with Gasteiger partial charge in [-0.1, -0.05) is 0 Å². The number of nitrogens with one attached hydrogen (secondary N) is 1. The number of hydrazine groups is 1. The van der Waals surface area contributed by atoms with E-state index in [-0.39, 0.29) is 44.9 Å². The maximum Gasteiger partial charge on any atom is 0.333 e. The molecule has 2 rings (SSSR count). The second kappa shape index (κ2) is 11.2. The Kier molecular flexibility index (Phi) is 9.06. The summed E-state index contributed by atoms with van der Waals surface area (Å²) in [7, 11) is 0. The Bertz CT molecular complexity index is 682. The number of carbonyl (C=O) groups excluding carboxylic acids is 7. The molecule has 4 N–H and O–H groups in total. The smallest absolute Gasteiger partial charge is 0.333 e.